The van der Waals surface area contributed by atoms with Crippen LogP contribution in [-0.4, -0.2) is 25.9 Å². The summed E-state index contributed by atoms with van der Waals surface area (Å²) in [6.07, 6.45) is 0.482. The van der Waals surface area contributed by atoms with Crippen LogP contribution in [0.15, 0.2) is 59.0 Å². The Bertz CT molecular complexity index is 884. The molecule has 0 bridgehead atoms. The molecule has 148 valence electrons. The lowest BCUT2D eigenvalue weighted by Gasteiger charge is -2.09. The summed E-state index contributed by atoms with van der Waals surface area (Å²) in [5, 5.41) is 11.8. The Morgan fingerprint density at radius 2 is 1.71 bits per heavy atom. The first-order chi connectivity index (χ1) is 13.6. The average molecular weight is 382 g/mol. The largest absolute Gasteiger partial charge is 0.493 e. The molecule has 0 aliphatic heterocycles. The number of ether oxygens (including phenoxy) is 2. The van der Waals surface area contributed by atoms with Crippen molar-refractivity contribution in [1.82, 2.24) is 0 Å². The van der Waals surface area contributed by atoms with E-state index in [2.05, 4.69) is 11.4 Å². The highest BCUT2D eigenvalue weighted by Crippen LogP contribution is 2.27. The van der Waals surface area contributed by atoms with Gasteiger partial charge in [0.2, 0.25) is 0 Å². The zero-order valence-corrected chi connectivity index (χ0v) is 16.6. The van der Waals surface area contributed by atoms with Crippen LogP contribution in [0.5, 0.6) is 11.5 Å². The van der Waals surface area contributed by atoms with Crippen molar-refractivity contribution in [2.24, 2.45) is 0 Å². The topological polar surface area (TPSA) is 68.4 Å². The van der Waals surface area contributed by atoms with Gasteiger partial charge in [-0.3, -0.25) is 0 Å². The van der Waals surface area contributed by atoms with Crippen LogP contribution in [0.3, 0.4) is 0 Å². The first-order valence-corrected chi connectivity index (χ1v) is 9.50. The molecule has 5 heteroatoms. The number of aliphatic hydroxyl groups excluding tert-OH is 1. The number of benzene rings is 2. The van der Waals surface area contributed by atoms with Crippen LogP contribution in [0.4, 0.5) is 0 Å². The molecule has 0 aliphatic rings. The summed E-state index contributed by atoms with van der Waals surface area (Å²) < 4.78 is 16.6. The molecule has 0 saturated heterocycles. The highest BCUT2D eigenvalue weighted by molar-refractivity contribution is 5.58. The van der Waals surface area contributed by atoms with E-state index in [4.69, 9.17) is 13.9 Å². The molecule has 1 heterocycles. The predicted octanol–water partition coefficient (Wildman–Crippen LogP) is 3.32. The molecule has 0 radical (unpaired) electrons. The summed E-state index contributed by atoms with van der Waals surface area (Å²) in [5.41, 5.74) is 3.13. The van der Waals surface area contributed by atoms with E-state index in [0.29, 0.717) is 0 Å². The van der Waals surface area contributed by atoms with Crippen LogP contribution in [0.25, 0.3) is 11.3 Å². The highest BCUT2D eigenvalue weighted by Gasteiger charge is 2.08. The number of rotatable bonds is 9. The van der Waals surface area contributed by atoms with Gasteiger partial charge in [0.1, 0.15) is 12.3 Å². The number of nitrogens with two attached hydrogens (primary N) is 1. The standard InChI is InChI=1S/C23H27NO4/c1-16(25)18-5-7-19(8-6-18)21-11-9-20(28-21)15-24-13-12-17-4-10-22(26-2)23(14-17)27-3/h4-11,14,16,24-25H,12-13,15H2,1-3H3/p+1/t16-/m1/s1. The van der Waals surface area contributed by atoms with Gasteiger partial charge in [-0.2, -0.15) is 0 Å². The molecular weight excluding hydrogens is 354 g/mol. The van der Waals surface area contributed by atoms with Crippen molar-refractivity contribution in [3.8, 4) is 22.8 Å². The summed E-state index contributed by atoms with van der Waals surface area (Å²) in [7, 11) is 3.30. The van der Waals surface area contributed by atoms with E-state index in [1.807, 2.05) is 48.5 Å². The minimum atomic E-state index is -0.457. The molecule has 0 fully saturated rings. The quantitative estimate of drug-likeness (QED) is 0.557. The molecule has 1 aromatic heterocycles. The zero-order valence-electron chi connectivity index (χ0n) is 16.6. The Morgan fingerprint density at radius 3 is 2.39 bits per heavy atom. The second kappa shape index (κ2) is 9.44. The van der Waals surface area contributed by atoms with Gasteiger partial charge in [0.25, 0.3) is 0 Å². The molecule has 3 rings (SSSR count). The second-order valence-electron chi connectivity index (χ2n) is 6.78. The molecule has 0 amide bonds. The Morgan fingerprint density at radius 1 is 0.964 bits per heavy atom. The van der Waals surface area contributed by atoms with Crippen molar-refractivity contribution in [2.75, 3.05) is 20.8 Å². The number of furan rings is 1. The van der Waals surface area contributed by atoms with Gasteiger partial charge >= 0.3 is 0 Å². The summed E-state index contributed by atoms with van der Waals surface area (Å²) in [6, 6.07) is 17.9. The lowest BCUT2D eigenvalue weighted by molar-refractivity contribution is -0.671. The Balaban J connectivity index is 1.51. The molecule has 3 aromatic rings. The van der Waals surface area contributed by atoms with Crippen LogP contribution < -0.4 is 14.8 Å². The third-order valence-corrected chi connectivity index (χ3v) is 4.77. The van der Waals surface area contributed by atoms with E-state index in [9.17, 15) is 5.11 Å². The molecule has 2 aromatic carbocycles. The van der Waals surface area contributed by atoms with Crippen LogP contribution in [-0.2, 0) is 13.0 Å². The fourth-order valence-corrected chi connectivity index (χ4v) is 3.12. The molecule has 0 aliphatic carbocycles. The van der Waals surface area contributed by atoms with Gasteiger partial charge in [0.05, 0.1) is 26.9 Å². The highest BCUT2D eigenvalue weighted by atomic mass is 16.5. The van der Waals surface area contributed by atoms with Gasteiger partial charge in [-0.15, -0.1) is 0 Å². The van der Waals surface area contributed by atoms with Crippen LogP contribution in [0, 0.1) is 0 Å². The summed E-state index contributed by atoms with van der Waals surface area (Å²) in [6.45, 7) is 3.51. The summed E-state index contributed by atoms with van der Waals surface area (Å²) in [4.78, 5) is 0. The molecule has 1 atom stereocenters. The van der Waals surface area contributed by atoms with Crippen molar-refractivity contribution in [1.29, 1.82) is 0 Å². The minimum absolute atomic E-state index is 0.457. The normalized spacial score (nSPS) is 12.0. The summed E-state index contributed by atoms with van der Waals surface area (Å²) in [5.74, 6) is 3.31. The van der Waals surface area contributed by atoms with E-state index in [1.54, 1.807) is 21.1 Å². The Hall–Kier alpha value is -2.76. The maximum absolute atomic E-state index is 9.61. The fraction of sp³-hybridized carbons (Fsp3) is 0.304. The van der Waals surface area contributed by atoms with Crippen molar-refractivity contribution in [3.63, 3.8) is 0 Å². The lowest BCUT2D eigenvalue weighted by atomic mass is 10.1. The van der Waals surface area contributed by atoms with E-state index in [0.717, 1.165) is 53.7 Å². The van der Waals surface area contributed by atoms with Crippen molar-refractivity contribution in [2.45, 2.75) is 26.0 Å². The molecule has 5 nitrogen and oxygen atoms in total. The van der Waals surface area contributed by atoms with Gasteiger partial charge in [0.15, 0.2) is 17.3 Å². The van der Waals surface area contributed by atoms with Gasteiger partial charge in [0, 0.05) is 12.0 Å². The van der Waals surface area contributed by atoms with Gasteiger partial charge in [-0.1, -0.05) is 30.3 Å². The van der Waals surface area contributed by atoms with Crippen molar-refractivity contribution in [3.05, 3.63) is 71.5 Å². The van der Waals surface area contributed by atoms with E-state index < -0.39 is 6.10 Å². The van der Waals surface area contributed by atoms with Crippen LogP contribution >= 0.6 is 0 Å². The molecule has 0 saturated carbocycles. The van der Waals surface area contributed by atoms with Crippen LogP contribution in [0.2, 0.25) is 0 Å². The Labute approximate surface area is 165 Å². The molecule has 28 heavy (non-hydrogen) atoms. The van der Waals surface area contributed by atoms with Gasteiger partial charge in [-0.05, 0) is 42.3 Å². The zero-order chi connectivity index (χ0) is 19.9. The average Bonchev–Trinajstić information content (AvgIpc) is 3.20. The predicted molar refractivity (Wildman–Crippen MR) is 109 cm³/mol. The lowest BCUT2D eigenvalue weighted by Crippen LogP contribution is -2.83. The smallest absolute Gasteiger partial charge is 0.160 e. The van der Waals surface area contributed by atoms with E-state index in [-0.39, 0.29) is 0 Å². The minimum Gasteiger partial charge on any atom is -0.493 e. The SMILES string of the molecule is COc1ccc(CC[NH2+]Cc2ccc(-c3ccc([C@@H](C)O)cc3)o2)cc1OC. The number of aliphatic hydroxyl groups is 1. The maximum atomic E-state index is 9.61. The number of methoxy groups -OCH3 is 2. The van der Waals surface area contributed by atoms with E-state index in [1.165, 1.54) is 5.56 Å². The first-order valence-electron chi connectivity index (χ1n) is 9.50. The molecular formula is C23H28NO4+. The molecule has 3 N–H and O–H groups in total. The molecule has 0 spiro atoms. The number of hydrogen-bond acceptors (Lipinski definition) is 4. The first kappa shape index (κ1) is 20.0. The fourth-order valence-electron chi connectivity index (χ4n) is 3.12. The van der Waals surface area contributed by atoms with E-state index >= 15 is 0 Å². The third kappa shape index (κ3) is 4.94. The third-order valence-electron chi connectivity index (χ3n) is 4.77. The van der Waals surface area contributed by atoms with Crippen molar-refractivity contribution >= 4 is 0 Å². The van der Waals surface area contributed by atoms with Crippen LogP contribution in [0.1, 0.15) is 29.9 Å². The monoisotopic (exact) mass is 382 g/mol. The van der Waals surface area contributed by atoms with Gasteiger partial charge < -0.3 is 24.3 Å². The maximum Gasteiger partial charge on any atom is 0.160 e. The summed E-state index contributed by atoms with van der Waals surface area (Å²) >= 11 is 0. The number of hydrogen-bond donors (Lipinski definition) is 2. The molecule has 0 unspecified atom stereocenters. The van der Waals surface area contributed by atoms with Gasteiger partial charge in [-0.25, -0.2) is 0 Å². The number of quaternary nitrogens is 1. The van der Waals surface area contributed by atoms with Crippen molar-refractivity contribution < 1.29 is 24.3 Å². The second-order valence-corrected chi connectivity index (χ2v) is 6.78. The Kier molecular flexibility index (Phi) is 6.74.